The van der Waals surface area contributed by atoms with Crippen molar-refractivity contribution >= 4 is 15.9 Å². The highest BCUT2D eigenvalue weighted by atomic mass is 79.9. The quantitative estimate of drug-likeness (QED) is 0.513. The molecule has 0 amide bonds. The van der Waals surface area contributed by atoms with Crippen molar-refractivity contribution in [3.05, 3.63) is 82.3 Å². The maximum atomic E-state index is 5.90. The van der Waals surface area contributed by atoms with Crippen LogP contribution in [0.15, 0.2) is 71.2 Å². The van der Waals surface area contributed by atoms with E-state index in [0.29, 0.717) is 0 Å². The van der Waals surface area contributed by atoms with Gasteiger partial charge in [-0.1, -0.05) is 51.3 Å². The van der Waals surface area contributed by atoms with E-state index in [4.69, 9.17) is 9.47 Å². The number of ether oxygens (including phenoxy) is 2. The lowest BCUT2D eigenvalue weighted by Crippen LogP contribution is -1.88. The molecule has 0 bridgehead atoms. The summed E-state index contributed by atoms with van der Waals surface area (Å²) in [7, 11) is 0. The molecule has 0 spiro atoms. The van der Waals surface area contributed by atoms with Gasteiger partial charge in [0.25, 0.3) is 0 Å². The minimum atomic E-state index is 0.727. The van der Waals surface area contributed by atoms with Gasteiger partial charge in [0.15, 0.2) is 0 Å². The highest BCUT2D eigenvalue weighted by Crippen LogP contribution is 2.32. The van der Waals surface area contributed by atoms with Crippen LogP contribution in [0.5, 0.6) is 23.0 Å². The van der Waals surface area contributed by atoms with E-state index in [1.807, 2.05) is 66.7 Å². The second-order valence-electron chi connectivity index (χ2n) is 5.45. The Morgan fingerprint density at radius 2 is 0.957 bits per heavy atom. The van der Waals surface area contributed by atoms with Crippen molar-refractivity contribution in [2.75, 3.05) is 0 Å². The fraction of sp³-hybridized carbons (Fsp3) is 0.100. The second kappa shape index (κ2) is 6.88. The molecule has 0 fully saturated rings. The normalized spacial score (nSPS) is 10.4. The van der Waals surface area contributed by atoms with Crippen molar-refractivity contribution in [2.45, 2.75) is 13.8 Å². The first-order chi connectivity index (χ1) is 11.1. The Hall–Kier alpha value is -2.26. The number of hydrogen-bond acceptors (Lipinski definition) is 2. The standard InChI is InChI=1S/C20H17BrO2/c1-14-3-7-17(8-4-14)22-19-11-16(21)12-20(13-19)23-18-9-5-15(2)6-10-18/h3-13H,1-2H3. The van der Waals surface area contributed by atoms with Crippen molar-refractivity contribution in [3.8, 4) is 23.0 Å². The van der Waals surface area contributed by atoms with E-state index in [1.165, 1.54) is 11.1 Å². The molecule has 0 aliphatic rings. The average Bonchev–Trinajstić information content (AvgIpc) is 2.51. The van der Waals surface area contributed by atoms with E-state index >= 15 is 0 Å². The van der Waals surface area contributed by atoms with Crippen LogP contribution >= 0.6 is 15.9 Å². The zero-order chi connectivity index (χ0) is 16.2. The molecule has 116 valence electrons. The van der Waals surface area contributed by atoms with Gasteiger partial charge in [-0.2, -0.15) is 0 Å². The summed E-state index contributed by atoms with van der Waals surface area (Å²) in [6, 6.07) is 21.6. The molecule has 0 unspecified atom stereocenters. The van der Waals surface area contributed by atoms with Gasteiger partial charge < -0.3 is 9.47 Å². The van der Waals surface area contributed by atoms with Crippen molar-refractivity contribution < 1.29 is 9.47 Å². The van der Waals surface area contributed by atoms with Gasteiger partial charge in [0.2, 0.25) is 0 Å². The first-order valence-electron chi connectivity index (χ1n) is 7.38. The van der Waals surface area contributed by atoms with E-state index < -0.39 is 0 Å². The van der Waals surface area contributed by atoms with E-state index in [9.17, 15) is 0 Å². The van der Waals surface area contributed by atoms with Crippen molar-refractivity contribution in [1.82, 2.24) is 0 Å². The van der Waals surface area contributed by atoms with Gasteiger partial charge in [0.05, 0.1) is 0 Å². The summed E-state index contributed by atoms with van der Waals surface area (Å²) in [5.41, 5.74) is 2.41. The largest absolute Gasteiger partial charge is 0.457 e. The summed E-state index contributed by atoms with van der Waals surface area (Å²) in [6.45, 7) is 4.10. The molecule has 3 rings (SSSR count). The number of benzene rings is 3. The number of hydrogen-bond donors (Lipinski definition) is 0. The smallest absolute Gasteiger partial charge is 0.132 e. The molecule has 0 radical (unpaired) electrons. The fourth-order valence-corrected chi connectivity index (χ4v) is 2.59. The van der Waals surface area contributed by atoms with Gasteiger partial charge in [0, 0.05) is 10.5 Å². The Kier molecular flexibility index (Phi) is 4.68. The van der Waals surface area contributed by atoms with Crippen LogP contribution in [0.4, 0.5) is 0 Å². The predicted octanol–water partition coefficient (Wildman–Crippen LogP) is 6.65. The Bertz CT molecular complexity index is 727. The van der Waals surface area contributed by atoms with E-state index in [0.717, 1.165) is 27.5 Å². The molecule has 0 aromatic heterocycles. The first-order valence-corrected chi connectivity index (χ1v) is 8.17. The van der Waals surface area contributed by atoms with Crippen molar-refractivity contribution in [3.63, 3.8) is 0 Å². The van der Waals surface area contributed by atoms with Crippen LogP contribution in [-0.2, 0) is 0 Å². The zero-order valence-corrected chi connectivity index (χ0v) is 14.6. The molecule has 0 saturated carbocycles. The summed E-state index contributed by atoms with van der Waals surface area (Å²) in [5.74, 6) is 3.06. The topological polar surface area (TPSA) is 18.5 Å². The first kappa shape index (κ1) is 15.6. The third-order valence-electron chi connectivity index (χ3n) is 3.36. The molecule has 2 nitrogen and oxygen atoms in total. The lowest BCUT2D eigenvalue weighted by atomic mass is 10.2. The summed E-state index contributed by atoms with van der Waals surface area (Å²) < 4.78 is 12.7. The maximum absolute atomic E-state index is 5.90. The number of halogens is 1. The van der Waals surface area contributed by atoms with E-state index in [2.05, 4.69) is 29.8 Å². The minimum absolute atomic E-state index is 0.727. The zero-order valence-electron chi connectivity index (χ0n) is 13.0. The molecule has 3 heteroatoms. The Labute approximate surface area is 144 Å². The molecule has 3 aromatic carbocycles. The molecule has 0 atom stereocenters. The summed E-state index contributed by atoms with van der Waals surface area (Å²) in [4.78, 5) is 0. The summed E-state index contributed by atoms with van der Waals surface area (Å²) in [5, 5.41) is 0. The Morgan fingerprint density at radius 3 is 1.35 bits per heavy atom. The minimum Gasteiger partial charge on any atom is -0.457 e. The molecule has 0 saturated heterocycles. The van der Waals surface area contributed by atoms with E-state index in [1.54, 1.807) is 0 Å². The lowest BCUT2D eigenvalue weighted by molar-refractivity contribution is 0.459. The second-order valence-corrected chi connectivity index (χ2v) is 6.37. The molecule has 0 aliphatic heterocycles. The SMILES string of the molecule is Cc1ccc(Oc2cc(Br)cc(Oc3ccc(C)cc3)c2)cc1. The van der Waals surface area contributed by atoms with Crippen LogP contribution in [0.1, 0.15) is 11.1 Å². The highest BCUT2D eigenvalue weighted by Gasteiger charge is 2.05. The molecule has 23 heavy (non-hydrogen) atoms. The van der Waals surface area contributed by atoms with Crippen LogP contribution in [0.2, 0.25) is 0 Å². The van der Waals surface area contributed by atoms with Crippen LogP contribution in [0.25, 0.3) is 0 Å². The molecular weight excluding hydrogens is 352 g/mol. The number of aryl methyl sites for hydroxylation is 2. The van der Waals surface area contributed by atoms with Gasteiger partial charge in [0.1, 0.15) is 23.0 Å². The monoisotopic (exact) mass is 368 g/mol. The van der Waals surface area contributed by atoms with Gasteiger partial charge in [-0.3, -0.25) is 0 Å². The molecule has 0 N–H and O–H groups in total. The van der Waals surface area contributed by atoms with Crippen molar-refractivity contribution in [1.29, 1.82) is 0 Å². The van der Waals surface area contributed by atoms with Crippen LogP contribution in [0.3, 0.4) is 0 Å². The van der Waals surface area contributed by atoms with E-state index in [-0.39, 0.29) is 0 Å². The molecule has 0 aliphatic carbocycles. The Morgan fingerprint density at radius 1 is 0.565 bits per heavy atom. The van der Waals surface area contributed by atoms with Crippen LogP contribution in [0, 0.1) is 13.8 Å². The lowest BCUT2D eigenvalue weighted by Gasteiger charge is -2.10. The predicted molar refractivity (Wildman–Crippen MR) is 96.6 cm³/mol. The maximum Gasteiger partial charge on any atom is 0.132 e. The molecule has 0 heterocycles. The van der Waals surface area contributed by atoms with Gasteiger partial charge in [-0.25, -0.2) is 0 Å². The van der Waals surface area contributed by atoms with Gasteiger partial charge >= 0.3 is 0 Å². The van der Waals surface area contributed by atoms with Crippen LogP contribution < -0.4 is 9.47 Å². The van der Waals surface area contributed by atoms with Gasteiger partial charge in [-0.05, 0) is 50.2 Å². The summed E-state index contributed by atoms with van der Waals surface area (Å²) in [6.07, 6.45) is 0. The highest BCUT2D eigenvalue weighted by molar-refractivity contribution is 9.10. The molecular formula is C20H17BrO2. The fourth-order valence-electron chi connectivity index (χ4n) is 2.14. The average molecular weight is 369 g/mol. The third kappa shape index (κ3) is 4.36. The third-order valence-corrected chi connectivity index (χ3v) is 3.82. The number of rotatable bonds is 4. The Balaban J connectivity index is 1.81. The van der Waals surface area contributed by atoms with Crippen molar-refractivity contribution in [2.24, 2.45) is 0 Å². The van der Waals surface area contributed by atoms with Crippen LogP contribution in [-0.4, -0.2) is 0 Å². The summed E-state index contributed by atoms with van der Waals surface area (Å²) >= 11 is 3.50. The molecule has 3 aromatic rings. The van der Waals surface area contributed by atoms with Gasteiger partial charge in [-0.15, -0.1) is 0 Å².